The number of anilines is 1. The second kappa shape index (κ2) is 5.51. The van der Waals surface area contributed by atoms with Crippen LogP contribution in [0.5, 0.6) is 0 Å². The van der Waals surface area contributed by atoms with E-state index in [1.807, 2.05) is 38.1 Å². The van der Waals surface area contributed by atoms with Crippen molar-refractivity contribution >= 4 is 11.6 Å². The van der Waals surface area contributed by atoms with Crippen molar-refractivity contribution < 1.29 is 4.79 Å². The van der Waals surface area contributed by atoms with Gasteiger partial charge in [0.05, 0.1) is 0 Å². The summed E-state index contributed by atoms with van der Waals surface area (Å²) in [5, 5.41) is 2.83. The molecule has 1 rings (SSSR count). The minimum atomic E-state index is 0.0328. The summed E-state index contributed by atoms with van der Waals surface area (Å²) in [6, 6.07) is 7.67. The molecule has 1 aromatic carbocycles. The standard InChI is InChI=1S/C12H18N2O/c1-3-4-12(15)14-11-7-5-10(6-8-11)9(2)13/h5-9H,3-4,13H2,1-2H3,(H,14,15). The first kappa shape index (κ1) is 11.7. The van der Waals surface area contributed by atoms with Crippen LogP contribution in [0.1, 0.15) is 38.3 Å². The van der Waals surface area contributed by atoms with Gasteiger partial charge in [0.1, 0.15) is 0 Å². The van der Waals surface area contributed by atoms with E-state index in [0.29, 0.717) is 6.42 Å². The predicted molar refractivity (Wildman–Crippen MR) is 62.6 cm³/mol. The summed E-state index contributed by atoms with van der Waals surface area (Å²) in [7, 11) is 0. The van der Waals surface area contributed by atoms with Gasteiger partial charge in [-0.05, 0) is 31.0 Å². The Morgan fingerprint density at radius 3 is 2.47 bits per heavy atom. The number of benzene rings is 1. The number of nitrogens with one attached hydrogen (secondary N) is 1. The van der Waals surface area contributed by atoms with E-state index in [9.17, 15) is 4.79 Å². The largest absolute Gasteiger partial charge is 0.326 e. The van der Waals surface area contributed by atoms with Gasteiger partial charge in [0.2, 0.25) is 5.91 Å². The molecule has 0 saturated carbocycles. The van der Waals surface area contributed by atoms with E-state index in [1.54, 1.807) is 0 Å². The number of hydrogen-bond donors (Lipinski definition) is 2. The molecule has 1 atom stereocenters. The van der Waals surface area contributed by atoms with Crippen LogP contribution in [0.2, 0.25) is 0 Å². The van der Waals surface area contributed by atoms with E-state index in [0.717, 1.165) is 17.7 Å². The molecule has 0 heterocycles. The zero-order valence-electron chi connectivity index (χ0n) is 9.29. The topological polar surface area (TPSA) is 55.1 Å². The third-order valence-corrected chi connectivity index (χ3v) is 2.20. The highest BCUT2D eigenvalue weighted by molar-refractivity contribution is 5.90. The van der Waals surface area contributed by atoms with Crippen molar-refractivity contribution in [2.75, 3.05) is 5.32 Å². The first-order valence-electron chi connectivity index (χ1n) is 5.29. The summed E-state index contributed by atoms with van der Waals surface area (Å²) < 4.78 is 0. The molecule has 3 heteroatoms. The van der Waals surface area contributed by atoms with E-state index in [4.69, 9.17) is 5.73 Å². The Kier molecular flexibility index (Phi) is 4.31. The molecule has 0 spiro atoms. The van der Waals surface area contributed by atoms with Crippen LogP contribution in [0.3, 0.4) is 0 Å². The van der Waals surface area contributed by atoms with Crippen molar-refractivity contribution in [1.29, 1.82) is 0 Å². The molecule has 1 unspecified atom stereocenters. The quantitative estimate of drug-likeness (QED) is 0.795. The Balaban J connectivity index is 2.60. The van der Waals surface area contributed by atoms with Crippen LogP contribution in [-0.4, -0.2) is 5.91 Å². The lowest BCUT2D eigenvalue weighted by Crippen LogP contribution is -2.11. The molecule has 0 saturated heterocycles. The first-order chi connectivity index (χ1) is 7.13. The number of carbonyl (C=O) groups excluding carboxylic acids is 1. The van der Waals surface area contributed by atoms with Crippen molar-refractivity contribution in [3.05, 3.63) is 29.8 Å². The molecular weight excluding hydrogens is 188 g/mol. The summed E-state index contributed by atoms with van der Waals surface area (Å²) in [6.45, 7) is 3.92. The summed E-state index contributed by atoms with van der Waals surface area (Å²) >= 11 is 0. The lowest BCUT2D eigenvalue weighted by molar-refractivity contribution is -0.116. The fourth-order valence-electron chi connectivity index (χ4n) is 1.32. The third-order valence-electron chi connectivity index (χ3n) is 2.20. The van der Waals surface area contributed by atoms with Gasteiger partial charge in [-0.3, -0.25) is 4.79 Å². The normalized spacial score (nSPS) is 12.2. The minimum absolute atomic E-state index is 0.0328. The highest BCUT2D eigenvalue weighted by atomic mass is 16.1. The van der Waals surface area contributed by atoms with Gasteiger partial charge >= 0.3 is 0 Å². The molecule has 0 bridgehead atoms. The molecule has 82 valence electrons. The highest BCUT2D eigenvalue weighted by Gasteiger charge is 2.02. The smallest absolute Gasteiger partial charge is 0.224 e. The lowest BCUT2D eigenvalue weighted by Gasteiger charge is -2.07. The third kappa shape index (κ3) is 3.72. The zero-order chi connectivity index (χ0) is 11.3. The van der Waals surface area contributed by atoms with E-state index in [2.05, 4.69) is 5.32 Å². The van der Waals surface area contributed by atoms with Crippen LogP contribution >= 0.6 is 0 Å². The second-order valence-corrected chi connectivity index (χ2v) is 3.71. The molecule has 3 N–H and O–H groups in total. The van der Waals surface area contributed by atoms with Crippen molar-refractivity contribution in [1.82, 2.24) is 0 Å². The summed E-state index contributed by atoms with van der Waals surface area (Å²) in [6.07, 6.45) is 1.43. The molecule has 3 nitrogen and oxygen atoms in total. The number of carbonyl (C=O) groups is 1. The highest BCUT2D eigenvalue weighted by Crippen LogP contribution is 2.14. The molecule has 15 heavy (non-hydrogen) atoms. The van der Waals surface area contributed by atoms with Gasteiger partial charge in [-0.1, -0.05) is 19.1 Å². The van der Waals surface area contributed by atoms with E-state index >= 15 is 0 Å². The lowest BCUT2D eigenvalue weighted by atomic mass is 10.1. The molecule has 0 aromatic heterocycles. The van der Waals surface area contributed by atoms with Crippen LogP contribution in [0.25, 0.3) is 0 Å². The predicted octanol–water partition coefficient (Wildman–Crippen LogP) is 2.44. The Bertz CT molecular complexity index is 317. The fourth-order valence-corrected chi connectivity index (χ4v) is 1.32. The molecule has 1 aromatic rings. The molecular formula is C12H18N2O. The van der Waals surface area contributed by atoms with Crippen molar-refractivity contribution in [3.63, 3.8) is 0 Å². The number of rotatable bonds is 4. The average Bonchev–Trinajstić information content (AvgIpc) is 2.18. The van der Waals surface area contributed by atoms with Crippen LogP contribution in [-0.2, 0) is 4.79 Å². The summed E-state index contributed by atoms with van der Waals surface area (Å²) in [5.74, 6) is 0.0612. The maximum absolute atomic E-state index is 11.3. The van der Waals surface area contributed by atoms with E-state index in [1.165, 1.54) is 0 Å². The van der Waals surface area contributed by atoms with Gasteiger partial charge in [-0.2, -0.15) is 0 Å². The maximum Gasteiger partial charge on any atom is 0.224 e. The molecule has 0 aliphatic carbocycles. The van der Waals surface area contributed by atoms with Crippen LogP contribution in [0.15, 0.2) is 24.3 Å². The Hall–Kier alpha value is -1.35. The molecule has 0 fully saturated rings. The Morgan fingerprint density at radius 1 is 1.40 bits per heavy atom. The van der Waals surface area contributed by atoms with E-state index < -0.39 is 0 Å². The average molecular weight is 206 g/mol. The van der Waals surface area contributed by atoms with Crippen molar-refractivity contribution in [3.8, 4) is 0 Å². The van der Waals surface area contributed by atoms with Gasteiger partial charge in [0, 0.05) is 18.2 Å². The van der Waals surface area contributed by atoms with Crippen LogP contribution in [0.4, 0.5) is 5.69 Å². The van der Waals surface area contributed by atoms with Gasteiger partial charge in [-0.15, -0.1) is 0 Å². The Morgan fingerprint density at radius 2 is 2.00 bits per heavy atom. The van der Waals surface area contributed by atoms with Crippen LogP contribution < -0.4 is 11.1 Å². The fraction of sp³-hybridized carbons (Fsp3) is 0.417. The monoisotopic (exact) mass is 206 g/mol. The van der Waals surface area contributed by atoms with Gasteiger partial charge < -0.3 is 11.1 Å². The second-order valence-electron chi connectivity index (χ2n) is 3.71. The maximum atomic E-state index is 11.3. The first-order valence-corrected chi connectivity index (χ1v) is 5.29. The SMILES string of the molecule is CCCC(=O)Nc1ccc(C(C)N)cc1. The summed E-state index contributed by atoms with van der Waals surface area (Å²) in [5.41, 5.74) is 7.63. The number of nitrogens with two attached hydrogens (primary N) is 1. The number of amides is 1. The van der Waals surface area contributed by atoms with Crippen molar-refractivity contribution in [2.45, 2.75) is 32.7 Å². The van der Waals surface area contributed by atoms with Gasteiger partial charge in [0.25, 0.3) is 0 Å². The molecule has 0 radical (unpaired) electrons. The number of hydrogen-bond acceptors (Lipinski definition) is 2. The van der Waals surface area contributed by atoms with Crippen molar-refractivity contribution in [2.24, 2.45) is 5.73 Å². The minimum Gasteiger partial charge on any atom is -0.326 e. The molecule has 0 aliphatic rings. The van der Waals surface area contributed by atoms with E-state index in [-0.39, 0.29) is 11.9 Å². The van der Waals surface area contributed by atoms with Gasteiger partial charge in [-0.25, -0.2) is 0 Å². The molecule has 1 amide bonds. The molecule has 0 aliphatic heterocycles. The van der Waals surface area contributed by atoms with Crippen LogP contribution in [0, 0.1) is 0 Å². The summed E-state index contributed by atoms with van der Waals surface area (Å²) in [4.78, 5) is 11.3. The van der Waals surface area contributed by atoms with Gasteiger partial charge in [0.15, 0.2) is 0 Å². The zero-order valence-corrected chi connectivity index (χ0v) is 9.29. The Labute approximate surface area is 90.7 Å².